The standard InChI is InChI=1S/C21H19N3O4/c1-12-19(28-21(25)26)18(22)17-15-5-3-4-6-16(15)24(20(17)23-12)11-13-7-9-14(27-2)10-8-13/h3-10H,11H2,1-2H3,(H2,22,23)(H,25,26). The van der Waals surface area contributed by atoms with Crippen LogP contribution in [-0.2, 0) is 6.54 Å². The molecule has 0 fully saturated rings. The number of nitrogens with two attached hydrogens (primary N) is 1. The second kappa shape index (κ2) is 6.77. The Morgan fingerprint density at radius 2 is 1.89 bits per heavy atom. The van der Waals surface area contributed by atoms with Crippen molar-refractivity contribution in [1.82, 2.24) is 9.55 Å². The van der Waals surface area contributed by atoms with Crippen LogP contribution in [0.25, 0.3) is 21.9 Å². The number of hydrogen-bond acceptors (Lipinski definition) is 5. The zero-order valence-electron chi connectivity index (χ0n) is 15.5. The quantitative estimate of drug-likeness (QED) is 0.517. The largest absolute Gasteiger partial charge is 0.511 e. The average molecular weight is 377 g/mol. The fourth-order valence-corrected chi connectivity index (χ4v) is 3.48. The SMILES string of the molecule is COc1ccc(Cn2c3ccccc3c3c(N)c(OC(=O)O)c(C)nc32)cc1. The van der Waals surface area contributed by atoms with Crippen LogP contribution in [0, 0.1) is 6.92 Å². The predicted molar refractivity (Wildman–Crippen MR) is 107 cm³/mol. The van der Waals surface area contributed by atoms with Gasteiger partial charge in [0.1, 0.15) is 11.4 Å². The van der Waals surface area contributed by atoms with Crippen LogP contribution in [-0.4, -0.2) is 27.9 Å². The smallest absolute Gasteiger partial charge is 0.497 e. The summed E-state index contributed by atoms with van der Waals surface area (Å²) >= 11 is 0. The molecule has 4 aromatic rings. The monoisotopic (exact) mass is 377 g/mol. The number of benzene rings is 2. The van der Waals surface area contributed by atoms with Gasteiger partial charge in [0.2, 0.25) is 0 Å². The van der Waals surface area contributed by atoms with E-state index < -0.39 is 6.16 Å². The van der Waals surface area contributed by atoms with E-state index in [1.54, 1.807) is 14.0 Å². The minimum atomic E-state index is -1.42. The van der Waals surface area contributed by atoms with Gasteiger partial charge >= 0.3 is 6.16 Å². The van der Waals surface area contributed by atoms with Gasteiger partial charge < -0.3 is 24.9 Å². The highest BCUT2D eigenvalue weighted by atomic mass is 16.7. The molecule has 0 radical (unpaired) electrons. The molecule has 0 amide bonds. The van der Waals surface area contributed by atoms with Crippen LogP contribution in [0.2, 0.25) is 0 Å². The Kier molecular flexibility index (Phi) is 4.27. The summed E-state index contributed by atoms with van der Waals surface area (Å²) in [5, 5.41) is 10.6. The Bertz CT molecular complexity index is 1200. The van der Waals surface area contributed by atoms with Gasteiger partial charge in [0.05, 0.1) is 29.4 Å². The van der Waals surface area contributed by atoms with Crippen molar-refractivity contribution in [3.05, 3.63) is 59.8 Å². The van der Waals surface area contributed by atoms with E-state index in [4.69, 9.17) is 20.3 Å². The van der Waals surface area contributed by atoms with Gasteiger partial charge in [-0.1, -0.05) is 30.3 Å². The van der Waals surface area contributed by atoms with E-state index in [9.17, 15) is 4.79 Å². The molecule has 0 bridgehead atoms. The first-order chi connectivity index (χ1) is 13.5. The number of hydrogen-bond donors (Lipinski definition) is 2. The van der Waals surface area contributed by atoms with Crippen LogP contribution in [0.4, 0.5) is 10.5 Å². The van der Waals surface area contributed by atoms with Crippen LogP contribution < -0.4 is 15.2 Å². The highest BCUT2D eigenvalue weighted by Gasteiger charge is 2.21. The molecule has 3 N–H and O–H groups in total. The lowest BCUT2D eigenvalue weighted by Gasteiger charge is -2.11. The molecule has 0 aliphatic rings. The van der Waals surface area contributed by atoms with Gasteiger partial charge in [-0.25, -0.2) is 9.78 Å². The average Bonchev–Trinajstić information content (AvgIpc) is 2.99. The topological polar surface area (TPSA) is 99.6 Å². The number of carbonyl (C=O) groups is 1. The summed E-state index contributed by atoms with van der Waals surface area (Å²) in [5.41, 5.74) is 9.73. The molecule has 142 valence electrons. The first-order valence-electron chi connectivity index (χ1n) is 8.70. The number of ether oxygens (including phenoxy) is 2. The van der Waals surface area contributed by atoms with Gasteiger partial charge in [-0.2, -0.15) is 0 Å². The Morgan fingerprint density at radius 1 is 1.18 bits per heavy atom. The van der Waals surface area contributed by atoms with E-state index in [1.165, 1.54) is 0 Å². The third-order valence-corrected chi connectivity index (χ3v) is 4.75. The lowest BCUT2D eigenvalue weighted by atomic mass is 10.1. The number of nitrogens with zero attached hydrogens (tertiary/aromatic N) is 2. The Morgan fingerprint density at radius 3 is 2.57 bits per heavy atom. The summed E-state index contributed by atoms with van der Waals surface area (Å²) in [6.07, 6.45) is -1.42. The van der Waals surface area contributed by atoms with Gasteiger partial charge in [0, 0.05) is 11.9 Å². The van der Waals surface area contributed by atoms with Crippen LogP contribution >= 0.6 is 0 Å². The number of fused-ring (bicyclic) bond motifs is 3. The maximum atomic E-state index is 11.1. The van der Waals surface area contributed by atoms with Gasteiger partial charge in [-0.05, 0) is 30.7 Å². The summed E-state index contributed by atoms with van der Waals surface area (Å²) in [4.78, 5) is 15.7. The Labute approximate surface area is 160 Å². The van der Waals surface area contributed by atoms with Crippen molar-refractivity contribution in [2.24, 2.45) is 0 Å². The molecule has 7 nitrogen and oxygen atoms in total. The molecule has 0 aliphatic carbocycles. The summed E-state index contributed by atoms with van der Waals surface area (Å²) in [7, 11) is 1.63. The number of carboxylic acid groups (broad SMARTS) is 1. The van der Waals surface area contributed by atoms with Crippen molar-refractivity contribution in [3.63, 3.8) is 0 Å². The molecular weight excluding hydrogens is 358 g/mol. The molecule has 4 rings (SSSR count). The Balaban J connectivity index is 1.95. The molecule has 28 heavy (non-hydrogen) atoms. The number of rotatable bonds is 4. The molecule has 0 saturated carbocycles. The van der Waals surface area contributed by atoms with E-state index in [0.29, 0.717) is 23.3 Å². The molecule has 0 unspecified atom stereocenters. The van der Waals surface area contributed by atoms with Crippen molar-refractivity contribution in [3.8, 4) is 11.5 Å². The number of pyridine rings is 1. The molecule has 2 heterocycles. The molecule has 0 aliphatic heterocycles. The maximum absolute atomic E-state index is 11.1. The van der Waals surface area contributed by atoms with E-state index in [0.717, 1.165) is 22.2 Å². The van der Waals surface area contributed by atoms with Gasteiger partial charge in [0.15, 0.2) is 5.75 Å². The van der Waals surface area contributed by atoms with Crippen LogP contribution in [0.15, 0.2) is 48.5 Å². The van der Waals surface area contributed by atoms with Crippen molar-refractivity contribution in [2.75, 3.05) is 12.8 Å². The fourth-order valence-electron chi connectivity index (χ4n) is 3.48. The Hall–Kier alpha value is -3.74. The first kappa shape index (κ1) is 17.7. The van der Waals surface area contributed by atoms with Crippen molar-refractivity contribution in [1.29, 1.82) is 0 Å². The minimum absolute atomic E-state index is 0.0763. The second-order valence-electron chi connectivity index (χ2n) is 6.46. The lowest BCUT2D eigenvalue weighted by Crippen LogP contribution is -2.09. The molecule has 0 atom stereocenters. The molecule has 0 spiro atoms. The summed E-state index contributed by atoms with van der Waals surface area (Å²) in [6.45, 7) is 2.27. The lowest BCUT2D eigenvalue weighted by molar-refractivity contribution is 0.144. The summed E-state index contributed by atoms with van der Waals surface area (Å²) in [5.74, 6) is 0.868. The van der Waals surface area contributed by atoms with Crippen molar-refractivity contribution < 1.29 is 19.4 Å². The normalized spacial score (nSPS) is 11.1. The molecule has 7 heteroatoms. The van der Waals surface area contributed by atoms with Crippen LogP contribution in [0.1, 0.15) is 11.3 Å². The molecule has 2 aromatic carbocycles. The third kappa shape index (κ3) is 2.87. The fraction of sp³-hybridized carbons (Fsp3) is 0.143. The maximum Gasteiger partial charge on any atom is 0.511 e. The van der Waals surface area contributed by atoms with Crippen molar-refractivity contribution in [2.45, 2.75) is 13.5 Å². The van der Waals surface area contributed by atoms with E-state index in [2.05, 4.69) is 9.55 Å². The highest BCUT2D eigenvalue weighted by Crippen LogP contribution is 2.39. The highest BCUT2D eigenvalue weighted by molar-refractivity contribution is 6.13. The number of nitrogen functional groups attached to an aromatic ring is 1. The minimum Gasteiger partial charge on any atom is -0.497 e. The van der Waals surface area contributed by atoms with Gasteiger partial charge in [0.25, 0.3) is 0 Å². The number of para-hydroxylation sites is 1. The zero-order chi connectivity index (χ0) is 19.8. The number of anilines is 1. The third-order valence-electron chi connectivity index (χ3n) is 4.75. The zero-order valence-corrected chi connectivity index (χ0v) is 15.5. The van der Waals surface area contributed by atoms with Gasteiger partial charge in [-0.15, -0.1) is 0 Å². The van der Waals surface area contributed by atoms with E-state index >= 15 is 0 Å². The van der Waals surface area contributed by atoms with Crippen LogP contribution in [0.3, 0.4) is 0 Å². The van der Waals surface area contributed by atoms with Crippen molar-refractivity contribution >= 4 is 33.8 Å². The molecule has 0 saturated heterocycles. The van der Waals surface area contributed by atoms with E-state index in [-0.39, 0.29) is 11.4 Å². The second-order valence-corrected chi connectivity index (χ2v) is 6.46. The number of aryl methyl sites for hydroxylation is 1. The first-order valence-corrected chi connectivity index (χ1v) is 8.70. The van der Waals surface area contributed by atoms with Crippen LogP contribution in [0.5, 0.6) is 11.5 Å². The molecular formula is C21H19N3O4. The van der Waals surface area contributed by atoms with E-state index in [1.807, 2.05) is 48.5 Å². The van der Waals surface area contributed by atoms with Gasteiger partial charge in [-0.3, -0.25) is 0 Å². The predicted octanol–water partition coefficient (Wildman–Crippen LogP) is 4.19. The molecule has 2 aromatic heterocycles. The summed E-state index contributed by atoms with van der Waals surface area (Å²) in [6, 6.07) is 15.6. The number of aromatic nitrogens is 2. The number of methoxy groups -OCH3 is 1. The summed E-state index contributed by atoms with van der Waals surface area (Å²) < 4.78 is 12.2.